The van der Waals surface area contributed by atoms with Crippen molar-refractivity contribution in [1.29, 1.82) is 0 Å². The molecule has 0 heterocycles. The Morgan fingerprint density at radius 3 is 1.06 bits per heavy atom. The van der Waals surface area contributed by atoms with Gasteiger partial charge in [-0.3, -0.25) is 0 Å². The predicted molar refractivity (Wildman–Crippen MR) is 229 cm³/mol. The van der Waals surface area contributed by atoms with E-state index in [0.29, 0.717) is 0 Å². The van der Waals surface area contributed by atoms with Gasteiger partial charge >= 0.3 is 0 Å². The number of hydrogen-bond acceptors (Lipinski definition) is 4. The van der Waals surface area contributed by atoms with Crippen molar-refractivity contribution in [3.8, 4) is 11.5 Å². The number of methoxy groups -OCH3 is 2. The molecule has 0 saturated carbocycles. The molecule has 7 aromatic carbocycles. The van der Waals surface area contributed by atoms with Crippen molar-refractivity contribution in [2.45, 2.75) is 13.8 Å². The molecule has 4 heteroatoms. The van der Waals surface area contributed by atoms with E-state index < -0.39 is 0 Å². The van der Waals surface area contributed by atoms with Crippen molar-refractivity contribution in [1.82, 2.24) is 0 Å². The fourth-order valence-electron chi connectivity index (χ4n) is 6.63. The van der Waals surface area contributed by atoms with Crippen LogP contribution in [0.4, 0.5) is 34.1 Å². The van der Waals surface area contributed by atoms with E-state index >= 15 is 0 Å². The first-order valence-corrected chi connectivity index (χ1v) is 18.1. The number of nitrogens with zero attached hydrogens (tertiary/aromatic N) is 2. The third kappa shape index (κ3) is 8.30. The summed E-state index contributed by atoms with van der Waals surface area (Å²) < 4.78 is 11.7. The SMILES string of the molecule is COc1cc(C=Cc2ccc(N(c3ccccc3)c3cccc(C)c3)cc2)c(OC)cc1C=Cc1ccc(N(c2ccccc2)c2cccc(C)c2)cc1. The molecule has 0 N–H and O–H groups in total. The van der Waals surface area contributed by atoms with Gasteiger partial charge in [-0.05, 0) is 121 Å². The Labute approximate surface area is 319 Å². The van der Waals surface area contributed by atoms with Crippen molar-refractivity contribution < 1.29 is 9.47 Å². The van der Waals surface area contributed by atoms with Gasteiger partial charge < -0.3 is 19.3 Å². The molecule has 54 heavy (non-hydrogen) atoms. The summed E-state index contributed by atoms with van der Waals surface area (Å²) in [5.74, 6) is 1.54. The van der Waals surface area contributed by atoms with Crippen LogP contribution in [0.1, 0.15) is 33.4 Å². The zero-order valence-electron chi connectivity index (χ0n) is 31.2. The summed E-state index contributed by atoms with van der Waals surface area (Å²) >= 11 is 0. The zero-order chi connectivity index (χ0) is 37.3. The minimum atomic E-state index is 0.769. The molecule has 0 fully saturated rings. The molecule has 7 rings (SSSR count). The topological polar surface area (TPSA) is 24.9 Å². The molecule has 0 bridgehead atoms. The first kappa shape index (κ1) is 35.6. The van der Waals surface area contributed by atoms with Gasteiger partial charge in [-0.25, -0.2) is 0 Å². The van der Waals surface area contributed by atoms with Crippen LogP contribution in [0.15, 0.2) is 170 Å². The molecule has 0 aliphatic heterocycles. The third-order valence-corrected chi connectivity index (χ3v) is 9.34. The Bertz CT molecular complexity index is 2190. The summed E-state index contributed by atoms with van der Waals surface area (Å²) in [5, 5.41) is 0. The van der Waals surface area contributed by atoms with Crippen LogP contribution in [0.2, 0.25) is 0 Å². The van der Waals surface area contributed by atoms with Gasteiger partial charge in [0.25, 0.3) is 0 Å². The lowest BCUT2D eigenvalue weighted by Gasteiger charge is -2.25. The molecule has 0 unspecified atom stereocenters. The van der Waals surface area contributed by atoms with Crippen LogP contribution in [0.25, 0.3) is 24.3 Å². The average Bonchev–Trinajstić information content (AvgIpc) is 3.21. The van der Waals surface area contributed by atoms with Gasteiger partial charge in [0, 0.05) is 45.3 Å². The minimum absolute atomic E-state index is 0.769. The monoisotopic (exact) mass is 704 g/mol. The quantitative estimate of drug-likeness (QED) is 0.118. The van der Waals surface area contributed by atoms with Crippen molar-refractivity contribution in [3.05, 3.63) is 203 Å². The summed E-state index contributed by atoms with van der Waals surface area (Å²) in [5.41, 5.74) is 13.1. The summed E-state index contributed by atoms with van der Waals surface area (Å²) in [4.78, 5) is 4.56. The van der Waals surface area contributed by atoms with Crippen LogP contribution < -0.4 is 19.3 Å². The lowest BCUT2D eigenvalue weighted by Crippen LogP contribution is -2.09. The maximum absolute atomic E-state index is 5.87. The van der Waals surface area contributed by atoms with Crippen LogP contribution >= 0.6 is 0 Å². The normalized spacial score (nSPS) is 11.2. The highest BCUT2D eigenvalue weighted by Crippen LogP contribution is 2.37. The van der Waals surface area contributed by atoms with Crippen LogP contribution in [0.5, 0.6) is 11.5 Å². The van der Waals surface area contributed by atoms with Crippen LogP contribution in [0.3, 0.4) is 0 Å². The zero-order valence-corrected chi connectivity index (χ0v) is 31.2. The summed E-state index contributed by atoms with van der Waals surface area (Å²) in [7, 11) is 3.41. The minimum Gasteiger partial charge on any atom is -0.496 e. The van der Waals surface area contributed by atoms with Crippen LogP contribution in [-0.2, 0) is 0 Å². The molecule has 266 valence electrons. The number of rotatable bonds is 12. The second kappa shape index (κ2) is 16.7. The molecule has 0 radical (unpaired) electrons. The van der Waals surface area contributed by atoms with Crippen LogP contribution in [0, 0.1) is 13.8 Å². The first-order chi connectivity index (χ1) is 26.5. The van der Waals surface area contributed by atoms with Crippen molar-refractivity contribution in [3.63, 3.8) is 0 Å². The Kier molecular flexibility index (Phi) is 11.0. The second-order valence-electron chi connectivity index (χ2n) is 13.2. The molecule has 0 aliphatic rings. The summed E-state index contributed by atoms with van der Waals surface area (Å²) in [6, 6.07) is 59.4. The molecule has 4 nitrogen and oxygen atoms in total. The van der Waals surface area contributed by atoms with Gasteiger partial charge in [-0.1, -0.05) is 109 Å². The standard InChI is InChI=1S/C50H44N2O2/c1-37-13-11-19-47(33-37)51(43-15-7-5-8-16-43)45-29-23-39(24-30-45)21-27-41-35-50(54-4)42(36-49(41)53-3)28-22-40-25-31-46(32-26-40)52(44-17-9-6-10-18-44)48-20-12-14-38(2)34-48/h5-36H,1-4H3. The highest BCUT2D eigenvalue weighted by atomic mass is 16.5. The van der Waals surface area contributed by atoms with Gasteiger partial charge in [-0.15, -0.1) is 0 Å². The number of aryl methyl sites for hydroxylation is 2. The number of hydrogen-bond donors (Lipinski definition) is 0. The summed E-state index contributed by atoms with van der Waals surface area (Å²) in [6.07, 6.45) is 8.36. The van der Waals surface area contributed by atoms with E-state index in [1.807, 2.05) is 24.3 Å². The molecule has 0 saturated heterocycles. The first-order valence-electron chi connectivity index (χ1n) is 18.1. The van der Waals surface area contributed by atoms with Gasteiger partial charge in [0.1, 0.15) is 11.5 Å². The van der Waals surface area contributed by atoms with E-state index in [2.05, 4.69) is 194 Å². The number of benzene rings is 7. The van der Waals surface area contributed by atoms with E-state index in [9.17, 15) is 0 Å². The van der Waals surface area contributed by atoms with Crippen molar-refractivity contribution in [2.24, 2.45) is 0 Å². The molecule has 0 atom stereocenters. The second-order valence-corrected chi connectivity index (χ2v) is 13.2. The number of para-hydroxylation sites is 2. The maximum atomic E-state index is 5.87. The maximum Gasteiger partial charge on any atom is 0.126 e. The highest BCUT2D eigenvalue weighted by molar-refractivity contribution is 5.82. The molecule has 0 aromatic heterocycles. The van der Waals surface area contributed by atoms with E-state index in [-0.39, 0.29) is 0 Å². The van der Waals surface area contributed by atoms with Gasteiger partial charge in [0.05, 0.1) is 14.2 Å². The largest absolute Gasteiger partial charge is 0.496 e. The smallest absolute Gasteiger partial charge is 0.126 e. The third-order valence-electron chi connectivity index (χ3n) is 9.34. The average molecular weight is 705 g/mol. The van der Waals surface area contributed by atoms with Crippen molar-refractivity contribution >= 4 is 58.4 Å². The summed E-state index contributed by atoms with van der Waals surface area (Å²) in [6.45, 7) is 4.25. The highest BCUT2D eigenvalue weighted by Gasteiger charge is 2.14. The molecule has 0 amide bonds. The van der Waals surface area contributed by atoms with Gasteiger partial charge in [0.2, 0.25) is 0 Å². The molecular weight excluding hydrogens is 661 g/mol. The lowest BCUT2D eigenvalue weighted by atomic mass is 10.0. The predicted octanol–water partition coefficient (Wildman–Crippen LogP) is 13.6. The van der Waals surface area contributed by atoms with Crippen LogP contribution in [-0.4, -0.2) is 14.2 Å². The van der Waals surface area contributed by atoms with Crippen molar-refractivity contribution in [2.75, 3.05) is 24.0 Å². The molecule has 0 spiro atoms. The molecule has 0 aliphatic carbocycles. The fourth-order valence-corrected chi connectivity index (χ4v) is 6.63. The lowest BCUT2D eigenvalue weighted by molar-refractivity contribution is 0.401. The van der Waals surface area contributed by atoms with E-state index in [4.69, 9.17) is 9.47 Å². The Balaban J connectivity index is 1.10. The van der Waals surface area contributed by atoms with Gasteiger partial charge in [-0.2, -0.15) is 0 Å². The number of ether oxygens (including phenoxy) is 2. The van der Waals surface area contributed by atoms with E-state index in [1.165, 1.54) is 11.1 Å². The Hall–Kier alpha value is -6.78. The fraction of sp³-hybridized carbons (Fsp3) is 0.0800. The van der Waals surface area contributed by atoms with Gasteiger partial charge in [0.15, 0.2) is 0 Å². The molecule has 7 aromatic rings. The Morgan fingerprint density at radius 2 is 0.704 bits per heavy atom. The van der Waals surface area contributed by atoms with E-state index in [0.717, 1.165) is 67.9 Å². The van der Waals surface area contributed by atoms with E-state index in [1.54, 1.807) is 14.2 Å². The molecular formula is C50H44N2O2. The Morgan fingerprint density at radius 1 is 0.352 bits per heavy atom. The number of anilines is 6.